The first-order valence-corrected chi connectivity index (χ1v) is 7.43. The van der Waals surface area contributed by atoms with Crippen molar-refractivity contribution in [1.29, 1.82) is 0 Å². The second-order valence-corrected chi connectivity index (χ2v) is 5.28. The third-order valence-corrected chi connectivity index (χ3v) is 3.80. The van der Waals surface area contributed by atoms with Crippen LogP contribution in [0.5, 0.6) is 17.2 Å². The first kappa shape index (κ1) is 17.7. The van der Waals surface area contributed by atoms with Crippen molar-refractivity contribution in [1.82, 2.24) is 0 Å². The molecule has 0 atom stereocenters. The van der Waals surface area contributed by atoms with E-state index < -0.39 is 5.97 Å². The van der Waals surface area contributed by atoms with Gasteiger partial charge in [0.2, 0.25) is 0 Å². The van der Waals surface area contributed by atoms with Gasteiger partial charge >= 0.3 is 5.97 Å². The van der Waals surface area contributed by atoms with Crippen LogP contribution in [0.15, 0.2) is 30.3 Å². The molecule has 0 radical (unpaired) electrons. The van der Waals surface area contributed by atoms with E-state index in [9.17, 15) is 4.79 Å². The molecule has 24 heavy (non-hydrogen) atoms. The summed E-state index contributed by atoms with van der Waals surface area (Å²) >= 11 is 5.87. The second-order valence-electron chi connectivity index (χ2n) is 4.87. The van der Waals surface area contributed by atoms with Gasteiger partial charge in [-0.15, -0.1) is 0 Å². The molecule has 6 nitrogen and oxygen atoms in total. The van der Waals surface area contributed by atoms with E-state index in [1.54, 1.807) is 45.6 Å². The summed E-state index contributed by atoms with van der Waals surface area (Å²) in [6.45, 7) is 0.407. The Kier molecular flexibility index (Phi) is 5.76. The summed E-state index contributed by atoms with van der Waals surface area (Å²) in [5, 5.41) is 12.5. The smallest absolute Gasteiger partial charge is 0.337 e. The number of carboxylic acid groups (broad SMARTS) is 1. The Morgan fingerprint density at radius 2 is 1.67 bits per heavy atom. The number of nitrogens with one attached hydrogen (secondary N) is 1. The maximum atomic E-state index is 11.1. The first-order chi connectivity index (χ1) is 11.5. The number of rotatable bonds is 7. The average molecular weight is 352 g/mol. The molecular formula is C17H18ClNO5. The van der Waals surface area contributed by atoms with Crippen LogP contribution in [0.2, 0.25) is 5.02 Å². The van der Waals surface area contributed by atoms with Crippen molar-refractivity contribution in [3.05, 3.63) is 46.5 Å². The van der Waals surface area contributed by atoms with Crippen molar-refractivity contribution in [2.24, 2.45) is 0 Å². The molecule has 0 saturated heterocycles. The molecule has 0 unspecified atom stereocenters. The van der Waals surface area contributed by atoms with Crippen molar-refractivity contribution in [3.8, 4) is 17.2 Å². The number of methoxy groups -OCH3 is 3. The molecule has 0 amide bonds. The zero-order valence-corrected chi connectivity index (χ0v) is 14.3. The maximum absolute atomic E-state index is 11.1. The van der Waals surface area contributed by atoms with Crippen molar-refractivity contribution in [3.63, 3.8) is 0 Å². The lowest BCUT2D eigenvalue weighted by Crippen LogP contribution is -2.05. The van der Waals surface area contributed by atoms with Crippen LogP contribution in [0, 0.1) is 0 Å². The van der Waals surface area contributed by atoms with E-state index in [1.165, 1.54) is 6.07 Å². The number of benzene rings is 2. The highest BCUT2D eigenvalue weighted by Gasteiger charge is 2.13. The van der Waals surface area contributed by atoms with E-state index in [4.69, 9.17) is 30.9 Å². The number of ether oxygens (including phenoxy) is 3. The first-order valence-electron chi connectivity index (χ1n) is 7.05. The zero-order chi connectivity index (χ0) is 17.7. The highest BCUT2D eigenvalue weighted by Crippen LogP contribution is 2.35. The van der Waals surface area contributed by atoms with E-state index in [-0.39, 0.29) is 10.6 Å². The highest BCUT2D eigenvalue weighted by molar-refractivity contribution is 6.33. The number of anilines is 1. The van der Waals surface area contributed by atoms with Gasteiger partial charge in [0.05, 0.1) is 31.9 Å². The van der Waals surface area contributed by atoms with Gasteiger partial charge in [-0.25, -0.2) is 4.79 Å². The molecule has 0 spiro atoms. The zero-order valence-electron chi connectivity index (χ0n) is 13.6. The molecule has 2 aromatic rings. The maximum Gasteiger partial charge on any atom is 0.337 e. The normalized spacial score (nSPS) is 10.2. The molecule has 0 fully saturated rings. The fraction of sp³-hybridized carbons (Fsp3) is 0.235. The van der Waals surface area contributed by atoms with Gasteiger partial charge in [0.15, 0.2) is 11.5 Å². The third kappa shape index (κ3) is 3.83. The van der Waals surface area contributed by atoms with E-state index in [0.29, 0.717) is 29.5 Å². The van der Waals surface area contributed by atoms with Gasteiger partial charge in [-0.2, -0.15) is 0 Å². The van der Waals surface area contributed by atoms with Crippen molar-refractivity contribution in [2.75, 3.05) is 26.6 Å². The fourth-order valence-corrected chi connectivity index (χ4v) is 2.43. The van der Waals surface area contributed by atoms with Crippen LogP contribution in [0.1, 0.15) is 15.9 Å². The van der Waals surface area contributed by atoms with Gasteiger partial charge < -0.3 is 24.6 Å². The summed E-state index contributed by atoms with van der Waals surface area (Å²) in [6, 6.07) is 8.28. The molecule has 128 valence electrons. The molecule has 0 aliphatic heterocycles. The lowest BCUT2D eigenvalue weighted by molar-refractivity contribution is 0.0697. The average Bonchev–Trinajstić information content (AvgIpc) is 2.59. The van der Waals surface area contributed by atoms with Crippen LogP contribution in [0.4, 0.5) is 5.69 Å². The van der Waals surface area contributed by atoms with E-state index >= 15 is 0 Å². The SMILES string of the molecule is COc1cc(OC)c(OC)cc1CNc1ccc(Cl)c(C(=O)O)c1. The Balaban J connectivity index is 2.25. The van der Waals surface area contributed by atoms with Gasteiger partial charge in [0.1, 0.15) is 5.75 Å². The van der Waals surface area contributed by atoms with Crippen LogP contribution >= 0.6 is 11.6 Å². The van der Waals surface area contributed by atoms with Crippen LogP contribution < -0.4 is 19.5 Å². The number of carboxylic acids is 1. The second kappa shape index (κ2) is 7.79. The summed E-state index contributed by atoms with van der Waals surface area (Å²) in [4.78, 5) is 11.1. The molecule has 0 aliphatic carbocycles. The standard InChI is InChI=1S/C17H18ClNO5/c1-22-14-8-16(24-3)15(23-2)6-10(14)9-19-11-4-5-13(18)12(7-11)17(20)21/h4-8,19H,9H2,1-3H3,(H,20,21). The van der Waals surface area contributed by atoms with Crippen molar-refractivity contribution < 1.29 is 24.1 Å². The minimum absolute atomic E-state index is 0.0425. The van der Waals surface area contributed by atoms with Gasteiger partial charge in [-0.3, -0.25) is 0 Å². The predicted molar refractivity (Wildman–Crippen MR) is 91.8 cm³/mol. The predicted octanol–water partition coefficient (Wildman–Crippen LogP) is 3.68. The van der Waals surface area contributed by atoms with Crippen LogP contribution in [-0.4, -0.2) is 32.4 Å². The Labute approximate surface area is 144 Å². The van der Waals surface area contributed by atoms with E-state index in [0.717, 1.165) is 5.56 Å². The Morgan fingerprint density at radius 1 is 1.04 bits per heavy atom. The minimum Gasteiger partial charge on any atom is -0.496 e. The van der Waals surface area contributed by atoms with Gasteiger partial charge in [-0.05, 0) is 24.3 Å². The molecule has 0 aliphatic rings. The Hall–Kier alpha value is -2.60. The van der Waals surface area contributed by atoms with Crippen LogP contribution in [-0.2, 0) is 6.54 Å². The number of carbonyl (C=O) groups is 1. The molecule has 2 N–H and O–H groups in total. The van der Waals surface area contributed by atoms with E-state index in [2.05, 4.69) is 5.32 Å². The Morgan fingerprint density at radius 3 is 2.25 bits per heavy atom. The Bertz CT molecular complexity index is 748. The van der Waals surface area contributed by atoms with Crippen LogP contribution in [0.3, 0.4) is 0 Å². The van der Waals surface area contributed by atoms with Crippen molar-refractivity contribution in [2.45, 2.75) is 6.54 Å². The molecule has 0 heterocycles. The fourth-order valence-electron chi connectivity index (χ4n) is 2.23. The molecule has 0 saturated carbocycles. The molecule has 2 aromatic carbocycles. The monoisotopic (exact) mass is 351 g/mol. The molecule has 0 bridgehead atoms. The topological polar surface area (TPSA) is 77.0 Å². The quantitative estimate of drug-likeness (QED) is 0.792. The lowest BCUT2D eigenvalue weighted by Gasteiger charge is -2.15. The summed E-state index contributed by atoms with van der Waals surface area (Å²) in [7, 11) is 4.67. The molecule has 7 heteroatoms. The number of halogens is 1. The van der Waals surface area contributed by atoms with Crippen molar-refractivity contribution >= 4 is 23.3 Å². The van der Waals surface area contributed by atoms with Gasteiger partial charge in [-0.1, -0.05) is 11.6 Å². The molecular weight excluding hydrogens is 334 g/mol. The largest absolute Gasteiger partial charge is 0.496 e. The number of hydrogen-bond donors (Lipinski definition) is 2. The van der Waals surface area contributed by atoms with E-state index in [1.807, 2.05) is 0 Å². The summed E-state index contributed by atoms with van der Waals surface area (Å²) in [6.07, 6.45) is 0. The van der Waals surface area contributed by atoms with Crippen LogP contribution in [0.25, 0.3) is 0 Å². The van der Waals surface area contributed by atoms with Gasteiger partial charge in [0.25, 0.3) is 0 Å². The summed E-state index contributed by atoms with van der Waals surface area (Å²) in [5.74, 6) is 0.704. The third-order valence-electron chi connectivity index (χ3n) is 3.47. The lowest BCUT2D eigenvalue weighted by atomic mass is 10.1. The highest BCUT2D eigenvalue weighted by atomic mass is 35.5. The minimum atomic E-state index is -1.08. The summed E-state index contributed by atoms with van der Waals surface area (Å²) < 4.78 is 15.9. The van der Waals surface area contributed by atoms with Gasteiger partial charge in [0, 0.05) is 23.9 Å². The number of hydrogen-bond acceptors (Lipinski definition) is 5. The number of aromatic carboxylic acids is 1. The molecule has 0 aromatic heterocycles. The summed E-state index contributed by atoms with van der Waals surface area (Å²) in [5.41, 5.74) is 1.51. The molecule has 2 rings (SSSR count).